The number of aryl methyl sites for hydroxylation is 2. The Morgan fingerprint density at radius 3 is 2.60 bits per heavy atom. The van der Waals surface area contributed by atoms with Gasteiger partial charge < -0.3 is 5.32 Å². The van der Waals surface area contributed by atoms with Gasteiger partial charge in [-0.3, -0.25) is 14.2 Å². The van der Waals surface area contributed by atoms with Crippen molar-refractivity contribution in [3.8, 4) is 6.07 Å². The standard InChI is InChI=1S/C18H18N6O/c1-13-11-14(2)24(21-13)12-15-3-5-16(6-4-15)18(25)20-17-7-9-23(22-17)10-8-19/h3-7,9,11H,10,12H2,1-2H3,(H,20,22,25). The fourth-order valence-corrected chi connectivity index (χ4v) is 2.55. The zero-order chi connectivity index (χ0) is 17.8. The second-order valence-corrected chi connectivity index (χ2v) is 5.79. The summed E-state index contributed by atoms with van der Waals surface area (Å²) in [5, 5.41) is 19.9. The molecule has 1 amide bonds. The molecule has 0 saturated heterocycles. The lowest BCUT2D eigenvalue weighted by molar-refractivity contribution is 0.102. The van der Waals surface area contributed by atoms with E-state index in [-0.39, 0.29) is 12.5 Å². The van der Waals surface area contributed by atoms with E-state index in [9.17, 15) is 4.79 Å². The summed E-state index contributed by atoms with van der Waals surface area (Å²) in [5.74, 6) is 0.187. The van der Waals surface area contributed by atoms with E-state index < -0.39 is 0 Å². The zero-order valence-electron chi connectivity index (χ0n) is 14.1. The van der Waals surface area contributed by atoms with E-state index in [1.54, 1.807) is 24.4 Å². The van der Waals surface area contributed by atoms with Crippen LogP contribution >= 0.6 is 0 Å². The Balaban J connectivity index is 1.65. The van der Waals surface area contributed by atoms with Crippen LogP contribution in [0.4, 0.5) is 5.82 Å². The maximum atomic E-state index is 12.3. The molecule has 1 aromatic carbocycles. The molecule has 0 atom stereocenters. The fraction of sp³-hybridized carbons (Fsp3) is 0.222. The molecule has 0 radical (unpaired) electrons. The van der Waals surface area contributed by atoms with Crippen LogP contribution in [0.2, 0.25) is 0 Å². The first-order valence-corrected chi connectivity index (χ1v) is 7.87. The number of carbonyl (C=O) groups is 1. The Kier molecular flexibility index (Phi) is 4.61. The van der Waals surface area contributed by atoms with Gasteiger partial charge in [-0.2, -0.15) is 15.5 Å². The van der Waals surface area contributed by atoms with Crippen molar-refractivity contribution in [1.29, 1.82) is 5.26 Å². The molecule has 7 nitrogen and oxygen atoms in total. The number of aromatic nitrogens is 4. The van der Waals surface area contributed by atoms with Gasteiger partial charge in [-0.25, -0.2) is 0 Å². The zero-order valence-corrected chi connectivity index (χ0v) is 14.1. The van der Waals surface area contributed by atoms with Crippen LogP contribution in [0, 0.1) is 25.2 Å². The van der Waals surface area contributed by atoms with Gasteiger partial charge in [0.25, 0.3) is 5.91 Å². The number of hydrogen-bond acceptors (Lipinski definition) is 4. The second kappa shape index (κ2) is 7.01. The summed E-state index contributed by atoms with van der Waals surface area (Å²) in [7, 11) is 0. The van der Waals surface area contributed by atoms with Crippen molar-refractivity contribution >= 4 is 11.7 Å². The minimum Gasteiger partial charge on any atom is -0.305 e. The van der Waals surface area contributed by atoms with E-state index in [0.717, 1.165) is 17.0 Å². The van der Waals surface area contributed by atoms with Crippen molar-refractivity contribution in [3.63, 3.8) is 0 Å². The highest BCUT2D eigenvalue weighted by molar-refractivity contribution is 6.03. The minimum absolute atomic E-state index is 0.150. The third-order valence-corrected chi connectivity index (χ3v) is 3.77. The van der Waals surface area contributed by atoms with E-state index in [1.165, 1.54) is 4.68 Å². The first-order chi connectivity index (χ1) is 12.0. The molecule has 7 heteroatoms. The number of nitrogens with one attached hydrogen (secondary N) is 1. The van der Waals surface area contributed by atoms with Crippen molar-refractivity contribution in [1.82, 2.24) is 19.6 Å². The Labute approximate surface area is 145 Å². The van der Waals surface area contributed by atoms with Gasteiger partial charge in [-0.1, -0.05) is 12.1 Å². The predicted octanol–water partition coefficient (Wildman–Crippen LogP) is 2.52. The molecular weight excluding hydrogens is 316 g/mol. The molecule has 25 heavy (non-hydrogen) atoms. The van der Waals surface area contributed by atoms with E-state index in [4.69, 9.17) is 5.26 Å². The molecule has 0 unspecified atom stereocenters. The summed E-state index contributed by atoms with van der Waals surface area (Å²) in [6.07, 6.45) is 1.65. The van der Waals surface area contributed by atoms with Crippen molar-refractivity contribution < 1.29 is 4.79 Å². The Hall–Kier alpha value is -3.40. The van der Waals surface area contributed by atoms with Crippen molar-refractivity contribution in [2.45, 2.75) is 26.9 Å². The number of rotatable bonds is 5. The van der Waals surface area contributed by atoms with Crippen molar-refractivity contribution in [2.75, 3.05) is 5.32 Å². The van der Waals surface area contributed by atoms with Crippen LogP contribution in [0.5, 0.6) is 0 Å². The average Bonchev–Trinajstić information content (AvgIpc) is 3.14. The normalized spacial score (nSPS) is 10.4. The molecule has 2 aromatic heterocycles. The molecule has 1 N–H and O–H groups in total. The molecule has 0 saturated carbocycles. The minimum atomic E-state index is -0.236. The number of benzene rings is 1. The van der Waals surface area contributed by atoms with Gasteiger partial charge in [0.2, 0.25) is 0 Å². The van der Waals surface area contributed by atoms with Gasteiger partial charge in [0.1, 0.15) is 6.54 Å². The summed E-state index contributed by atoms with van der Waals surface area (Å²) in [5.41, 5.74) is 3.71. The van der Waals surface area contributed by atoms with Crippen molar-refractivity contribution in [3.05, 3.63) is 65.1 Å². The second-order valence-electron chi connectivity index (χ2n) is 5.79. The number of nitrogens with zero attached hydrogens (tertiary/aromatic N) is 5. The van der Waals surface area contributed by atoms with Crippen LogP contribution in [0.25, 0.3) is 0 Å². The van der Waals surface area contributed by atoms with Crippen LogP contribution in [-0.2, 0) is 13.1 Å². The molecule has 0 aliphatic rings. The summed E-state index contributed by atoms with van der Waals surface area (Å²) in [4.78, 5) is 12.3. The summed E-state index contributed by atoms with van der Waals surface area (Å²) < 4.78 is 3.40. The van der Waals surface area contributed by atoms with Crippen LogP contribution in [0.1, 0.15) is 27.3 Å². The number of amides is 1. The Morgan fingerprint density at radius 2 is 1.96 bits per heavy atom. The molecule has 3 aromatic rings. The third kappa shape index (κ3) is 3.93. The summed E-state index contributed by atoms with van der Waals surface area (Å²) in [6.45, 7) is 4.80. The largest absolute Gasteiger partial charge is 0.305 e. The van der Waals surface area contributed by atoms with Crippen LogP contribution in [0.15, 0.2) is 42.6 Å². The van der Waals surface area contributed by atoms with Crippen LogP contribution in [-0.4, -0.2) is 25.5 Å². The van der Waals surface area contributed by atoms with Gasteiger partial charge >= 0.3 is 0 Å². The monoisotopic (exact) mass is 334 g/mol. The van der Waals surface area contributed by atoms with E-state index in [1.807, 2.05) is 42.8 Å². The van der Waals surface area contributed by atoms with Crippen LogP contribution < -0.4 is 5.32 Å². The van der Waals surface area contributed by atoms with Gasteiger partial charge in [0, 0.05) is 23.5 Å². The maximum Gasteiger partial charge on any atom is 0.256 e. The smallest absolute Gasteiger partial charge is 0.256 e. The van der Waals surface area contributed by atoms with Crippen molar-refractivity contribution in [2.24, 2.45) is 0 Å². The highest BCUT2D eigenvalue weighted by atomic mass is 16.1. The average molecular weight is 334 g/mol. The molecule has 0 spiro atoms. The van der Waals surface area contributed by atoms with E-state index in [2.05, 4.69) is 15.5 Å². The summed E-state index contributed by atoms with van der Waals surface area (Å²) >= 11 is 0. The molecule has 0 fully saturated rings. The summed E-state index contributed by atoms with van der Waals surface area (Å²) in [6, 6.07) is 13.1. The Bertz CT molecular complexity index is 929. The molecule has 2 heterocycles. The lowest BCUT2D eigenvalue weighted by atomic mass is 10.1. The van der Waals surface area contributed by atoms with Crippen LogP contribution in [0.3, 0.4) is 0 Å². The first-order valence-electron chi connectivity index (χ1n) is 7.87. The molecule has 0 aliphatic carbocycles. The van der Waals surface area contributed by atoms with E-state index >= 15 is 0 Å². The Morgan fingerprint density at radius 1 is 1.20 bits per heavy atom. The molecule has 0 bridgehead atoms. The predicted molar refractivity (Wildman–Crippen MR) is 93.0 cm³/mol. The lowest BCUT2D eigenvalue weighted by Gasteiger charge is -2.06. The molecular formula is C18H18N6O. The maximum absolute atomic E-state index is 12.3. The van der Waals surface area contributed by atoms with E-state index in [0.29, 0.717) is 17.9 Å². The van der Waals surface area contributed by atoms with Gasteiger partial charge in [-0.15, -0.1) is 0 Å². The highest BCUT2D eigenvalue weighted by Crippen LogP contribution is 2.11. The highest BCUT2D eigenvalue weighted by Gasteiger charge is 2.09. The molecule has 0 aliphatic heterocycles. The number of anilines is 1. The van der Waals surface area contributed by atoms with Gasteiger partial charge in [0.15, 0.2) is 5.82 Å². The van der Waals surface area contributed by atoms with Gasteiger partial charge in [-0.05, 0) is 37.6 Å². The fourth-order valence-electron chi connectivity index (χ4n) is 2.55. The topological polar surface area (TPSA) is 88.5 Å². The first kappa shape index (κ1) is 16.5. The molecule has 126 valence electrons. The SMILES string of the molecule is Cc1cc(C)n(Cc2ccc(C(=O)Nc3ccn(CC#N)n3)cc2)n1. The lowest BCUT2D eigenvalue weighted by Crippen LogP contribution is -2.13. The molecule has 3 rings (SSSR count). The third-order valence-electron chi connectivity index (χ3n) is 3.77. The number of carbonyl (C=O) groups excluding carboxylic acids is 1. The number of nitriles is 1. The quantitative estimate of drug-likeness (QED) is 0.776. The van der Waals surface area contributed by atoms with Gasteiger partial charge in [0.05, 0.1) is 18.3 Å². The number of hydrogen-bond donors (Lipinski definition) is 1.